The summed E-state index contributed by atoms with van der Waals surface area (Å²) in [5, 5.41) is 0. The standard InChI is InChI=1S/C22H28N2O3S/c1-17-12-14-24(15-13-17)28(26,27)21-10-8-19(9-11-21)22(25)23(3)16-20-7-5-4-6-18(20)2/h4-11,17H,12-16H2,1-3H3. The molecule has 1 saturated heterocycles. The van der Waals surface area contributed by atoms with Gasteiger partial charge in [-0.3, -0.25) is 4.79 Å². The number of carbonyl (C=O) groups excluding carboxylic acids is 1. The maximum absolute atomic E-state index is 12.8. The van der Waals surface area contributed by atoms with Crippen molar-refractivity contribution in [1.82, 2.24) is 9.21 Å². The fourth-order valence-corrected chi connectivity index (χ4v) is 4.95. The molecule has 1 heterocycles. The van der Waals surface area contributed by atoms with Gasteiger partial charge in [-0.1, -0.05) is 31.2 Å². The predicted molar refractivity (Wildman–Crippen MR) is 111 cm³/mol. The maximum Gasteiger partial charge on any atom is 0.253 e. The van der Waals surface area contributed by atoms with Crippen LogP contribution in [0.2, 0.25) is 0 Å². The Kier molecular flexibility index (Phi) is 6.20. The van der Waals surface area contributed by atoms with Gasteiger partial charge in [-0.2, -0.15) is 4.31 Å². The van der Waals surface area contributed by atoms with E-state index in [1.165, 1.54) is 0 Å². The molecule has 1 fully saturated rings. The molecule has 150 valence electrons. The molecule has 0 N–H and O–H groups in total. The average Bonchev–Trinajstić information content (AvgIpc) is 2.69. The first-order valence-electron chi connectivity index (χ1n) is 9.69. The Labute approximate surface area is 168 Å². The molecule has 28 heavy (non-hydrogen) atoms. The van der Waals surface area contributed by atoms with Crippen LogP contribution in [-0.4, -0.2) is 43.7 Å². The Hall–Kier alpha value is -2.18. The third kappa shape index (κ3) is 4.45. The summed E-state index contributed by atoms with van der Waals surface area (Å²) in [6.07, 6.45) is 1.78. The number of hydrogen-bond donors (Lipinski definition) is 0. The zero-order chi connectivity index (χ0) is 20.3. The molecule has 0 spiro atoms. The number of hydrogen-bond acceptors (Lipinski definition) is 3. The van der Waals surface area contributed by atoms with Gasteiger partial charge in [0.2, 0.25) is 10.0 Å². The number of piperidine rings is 1. The van der Waals surface area contributed by atoms with Crippen molar-refractivity contribution in [2.45, 2.75) is 38.1 Å². The van der Waals surface area contributed by atoms with Crippen LogP contribution in [0.3, 0.4) is 0 Å². The summed E-state index contributed by atoms with van der Waals surface area (Å²) in [5.41, 5.74) is 2.72. The van der Waals surface area contributed by atoms with Crippen LogP contribution in [0.1, 0.15) is 41.3 Å². The lowest BCUT2D eigenvalue weighted by atomic mass is 10.0. The second-order valence-corrected chi connectivity index (χ2v) is 9.64. The number of rotatable bonds is 5. The minimum absolute atomic E-state index is 0.126. The number of nitrogens with zero attached hydrogens (tertiary/aromatic N) is 2. The number of aryl methyl sites for hydroxylation is 1. The van der Waals surface area contributed by atoms with Crippen molar-refractivity contribution >= 4 is 15.9 Å². The second-order valence-electron chi connectivity index (χ2n) is 7.70. The van der Waals surface area contributed by atoms with Crippen molar-refractivity contribution in [2.24, 2.45) is 5.92 Å². The van der Waals surface area contributed by atoms with Gasteiger partial charge in [0.25, 0.3) is 5.91 Å². The molecule has 0 saturated carbocycles. The maximum atomic E-state index is 12.8. The monoisotopic (exact) mass is 400 g/mol. The van der Waals surface area contributed by atoms with Crippen molar-refractivity contribution < 1.29 is 13.2 Å². The molecule has 0 atom stereocenters. The largest absolute Gasteiger partial charge is 0.337 e. The SMILES string of the molecule is Cc1ccccc1CN(C)C(=O)c1ccc(S(=O)(=O)N2CCC(C)CC2)cc1. The molecule has 0 radical (unpaired) electrons. The summed E-state index contributed by atoms with van der Waals surface area (Å²) in [6, 6.07) is 14.3. The first kappa shape index (κ1) is 20.6. The molecule has 5 nitrogen and oxygen atoms in total. The number of amides is 1. The Morgan fingerprint density at radius 1 is 1.07 bits per heavy atom. The van der Waals surface area contributed by atoms with E-state index in [0.717, 1.165) is 24.0 Å². The van der Waals surface area contributed by atoms with Gasteiger partial charge in [0.1, 0.15) is 0 Å². The van der Waals surface area contributed by atoms with Gasteiger partial charge in [0.05, 0.1) is 4.90 Å². The van der Waals surface area contributed by atoms with Crippen LogP contribution < -0.4 is 0 Å². The minimum Gasteiger partial charge on any atom is -0.337 e. The van der Waals surface area contributed by atoms with E-state index < -0.39 is 10.0 Å². The van der Waals surface area contributed by atoms with Gasteiger partial charge < -0.3 is 4.90 Å². The molecule has 0 aliphatic carbocycles. The third-order valence-electron chi connectivity index (χ3n) is 5.50. The van der Waals surface area contributed by atoms with Crippen molar-refractivity contribution in [3.8, 4) is 0 Å². The Morgan fingerprint density at radius 3 is 2.29 bits per heavy atom. The summed E-state index contributed by atoms with van der Waals surface area (Å²) in [7, 11) is -1.74. The molecule has 0 aromatic heterocycles. The van der Waals surface area contributed by atoms with E-state index in [0.29, 0.717) is 31.1 Å². The van der Waals surface area contributed by atoms with Crippen LogP contribution in [0, 0.1) is 12.8 Å². The molecule has 0 unspecified atom stereocenters. The summed E-state index contributed by atoms with van der Waals surface area (Å²) in [5.74, 6) is 0.439. The molecule has 2 aromatic rings. The fraction of sp³-hybridized carbons (Fsp3) is 0.409. The lowest BCUT2D eigenvalue weighted by molar-refractivity contribution is 0.0785. The summed E-state index contributed by atoms with van der Waals surface area (Å²) < 4.78 is 27.2. The summed E-state index contributed by atoms with van der Waals surface area (Å²) in [6.45, 7) is 5.80. The van der Waals surface area contributed by atoms with Crippen LogP contribution >= 0.6 is 0 Å². The van der Waals surface area contributed by atoms with Gasteiger partial charge in [-0.15, -0.1) is 0 Å². The highest BCUT2D eigenvalue weighted by molar-refractivity contribution is 7.89. The lowest BCUT2D eigenvalue weighted by Gasteiger charge is -2.29. The normalized spacial score (nSPS) is 16.1. The van der Waals surface area contributed by atoms with Gasteiger partial charge in [-0.25, -0.2) is 8.42 Å². The summed E-state index contributed by atoms with van der Waals surface area (Å²) >= 11 is 0. The third-order valence-corrected chi connectivity index (χ3v) is 7.41. The van der Waals surface area contributed by atoms with Crippen LogP contribution in [0.5, 0.6) is 0 Å². The molecule has 2 aromatic carbocycles. The van der Waals surface area contributed by atoms with Gasteiger partial charge in [-0.05, 0) is 61.1 Å². The van der Waals surface area contributed by atoms with Gasteiger partial charge in [0.15, 0.2) is 0 Å². The minimum atomic E-state index is -3.49. The molecule has 0 bridgehead atoms. The predicted octanol–water partition coefficient (Wildman–Crippen LogP) is 3.69. The fourth-order valence-electron chi connectivity index (χ4n) is 3.48. The van der Waals surface area contributed by atoms with Crippen LogP contribution in [0.4, 0.5) is 0 Å². The molecule has 1 aliphatic rings. The van der Waals surface area contributed by atoms with Crippen molar-refractivity contribution in [3.05, 3.63) is 65.2 Å². The lowest BCUT2D eigenvalue weighted by Crippen LogP contribution is -2.37. The van der Waals surface area contributed by atoms with E-state index in [-0.39, 0.29) is 10.8 Å². The van der Waals surface area contributed by atoms with Crippen LogP contribution in [0.15, 0.2) is 53.4 Å². The zero-order valence-corrected chi connectivity index (χ0v) is 17.6. The van der Waals surface area contributed by atoms with Crippen LogP contribution in [0.25, 0.3) is 0 Å². The van der Waals surface area contributed by atoms with Gasteiger partial charge >= 0.3 is 0 Å². The van der Waals surface area contributed by atoms with Crippen molar-refractivity contribution in [3.63, 3.8) is 0 Å². The highest BCUT2D eigenvalue weighted by Gasteiger charge is 2.28. The molecular formula is C22H28N2O3S. The van der Waals surface area contributed by atoms with Crippen LogP contribution in [-0.2, 0) is 16.6 Å². The van der Waals surface area contributed by atoms with E-state index in [4.69, 9.17) is 0 Å². The summed E-state index contributed by atoms with van der Waals surface area (Å²) in [4.78, 5) is 14.6. The highest BCUT2D eigenvalue weighted by Crippen LogP contribution is 2.24. The van der Waals surface area contributed by atoms with E-state index in [2.05, 4.69) is 6.92 Å². The topological polar surface area (TPSA) is 57.7 Å². The molecular weight excluding hydrogens is 372 g/mol. The zero-order valence-electron chi connectivity index (χ0n) is 16.8. The number of carbonyl (C=O) groups is 1. The highest BCUT2D eigenvalue weighted by atomic mass is 32.2. The second kappa shape index (κ2) is 8.45. The Balaban J connectivity index is 1.71. The van der Waals surface area contributed by atoms with Crippen molar-refractivity contribution in [2.75, 3.05) is 20.1 Å². The smallest absolute Gasteiger partial charge is 0.253 e. The molecule has 6 heteroatoms. The first-order chi connectivity index (χ1) is 13.3. The van der Waals surface area contributed by atoms with E-state index in [9.17, 15) is 13.2 Å². The Bertz CT molecular complexity index is 931. The average molecular weight is 401 g/mol. The molecule has 1 amide bonds. The van der Waals surface area contributed by atoms with E-state index in [1.54, 1.807) is 40.5 Å². The van der Waals surface area contributed by atoms with E-state index in [1.807, 2.05) is 31.2 Å². The first-order valence-corrected chi connectivity index (χ1v) is 11.1. The number of benzene rings is 2. The number of sulfonamides is 1. The quantitative estimate of drug-likeness (QED) is 0.769. The Morgan fingerprint density at radius 2 is 1.68 bits per heavy atom. The molecule has 3 rings (SSSR count). The van der Waals surface area contributed by atoms with Gasteiger partial charge in [0, 0.05) is 32.2 Å². The van der Waals surface area contributed by atoms with E-state index >= 15 is 0 Å². The molecule has 1 aliphatic heterocycles. The van der Waals surface area contributed by atoms with Crippen molar-refractivity contribution in [1.29, 1.82) is 0 Å².